The van der Waals surface area contributed by atoms with Gasteiger partial charge >= 0.3 is 0 Å². The number of rotatable bonds is 7. The van der Waals surface area contributed by atoms with Crippen molar-refractivity contribution >= 4 is 11.0 Å². The minimum absolute atomic E-state index is 0.508. The van der Waals surface area contributed by atoms with Gasteiger partial charge in [0.1, 0.15) is 13.2 Å². The minimum atomic E-state index is 0.508. The number of nitrogens with zero attached hydrogens (tertiary/aromatic N) is 4. The van der Waals surface area contributed by atoms with Crippen molar-refractivity contribution in [1.29, 1.82) is 0 Å². The Morgan fingerprint density at radius 1 is 1.09 bits per heavy atom. The van der Waals surface area contributed by atoms with E-state index in [0.29, 0.717) is 25.1 Å². The molecule has 3 aromatic rings. The summed E-state index contributed by atoms with van der Waals surface area (Å²) in [6.45, 7) is 5.14. The van der Waals surface area contributed by atoms with Crippen LogP contribution in [-0.4, -0.2) is 65.9 Å². The van der Waals surface area contributed by atoms with Gasteiger partial charge in [0.2, 0.25) is 5.88 Å². The average molecular weight is 436 g/mol. The summed E-state index contributed by atoms with van der Waals surface area (Å²) in [6, 6.07) is 8.69. The van der Waals surface area contributed by atoms with Gasteiger partial charge in [0, 0.05) is 25.2 Å². The first kappa shape index (κ1) is 20.9. The summed E-state index contributed by atoms with van der Waals surface area (Å²) < 4.78 is 16.5. The van der Waals surface area contributed by atoms with E-state index in [9.17, 15) is 0 Å². The largest absolute Gasteiger partial charge is 0.486 e. The van der Waals surface area contributed by atoms with Crippen molar-refractivity contribution in [2.45, 2.75) is 31.8 Å². The molecule has 2 aliphatic heterocycles. The lowest BCUT2D eigenvalue weighted by molar-refractivity contribution is 0.170. The third-order valence-corrected chi connectivity index (χ3v) is 6.19. The van der Waals surface area contributed by atoms with E-state index in [0.717, 1.165) is 73.7 Å². The summed E-state index contributed by atoms with van der Waals surface area (Å²) >= 11 is 0. The van der Waals surface area contributed by atoms with Crippen molar-refractivity contribution in [2.75, 3.05) is 40.0 Å². The molecule has 1 N–H and O–H groups in total. The Hall–Kier alpha value is -2.97. The molecule has 4 heterocycles. The van der Waals surface area contributed by atoms with Crippen molar-refractivity contribution in [3.63, 3.8) is 0 Å². The normalized spacial score (nSPS) is 16.9. The summed E-state index contributed by atoms with van der Waals surface area (Å²) in [5, 5.41) is 3.66. The molecule has 2 aliphatic rings. The van der Waals surface area contributed by atoms with Gasteiger partial charge in [0.25, 0.3) is 0 Å². The zero-order valence-electron chi connectivity index (χ0n) is 18.4. The van der Waals surface area contributed by atoms with Crippen LogP contribution in [0.2, 0.25) is 0 Å². The molecule has 32 heavy (non-hydrogen) atoms. The summed E-state index contributed by atoms with van der Waals surface area (Å²) in [5.41, 5.74) is 4.07. The van der Waals surface area contributed by atoms with E-state index in [1.165, 1.54) is 5.56 Å². The highest BCUT2D eigenvalue weighted by molar-refractivity contribution is 5.78. The first-order valence-corrected chi connectivity index (χ1v) is 11.3. The molecule has 0 saturated carbocycles. The van der Waals surface area contributed by atoms with E-state index in [-0.39, 0.29) is 0 Å². The topological polar surface area (TPSA) is 81.6 Å². The number of fused-ring (bicyclic) bond motifs is 2. The zero-order chi connectivity index (χ0) is 21.8. The Labute approximate surface area is 187 Å². The fraction of sp³-hybridized carbons (Fsp3) is 0.458. The highest BCUT2D eigenvalue weighted by Gasteiger charge is 2.20. The first-order chi connectivity index (χ1) is 15.8. The van der Waals surface area contributed by atoms with Crippen LogP contribution in [0.1, 0.15) is 24.1 Å². The fourth-order valence-corrected chi connectivity index (χ4v) is 4.35. The Morgan fingerprint density at radius 3 is 2.78 bits per heavy atom. The van der Waals surface area contributed by atoms with E-state index < -0.39 is 0 Å². The molecule has 8 heteroatoms. The molecule has 0 bridgehead atoms. The van der Waals surface area contributed by atoms with Crippen LogP contribution in [0.25, 0.3) is 11.0 Å². The van der Waals surface area contributed by atoms with Crippen molar-refractivity contribution in [3.8, 4) is 17.4 Å². The van der Waals surface area contributed by atoms with Gasteiger partial charge in [-0.15, -0.1) is 0 Å². The van der Waals surface area contributed by atoms with Gasteiger partial charge in [-0.25, -0.2) is 9.97 Å². The molecule has 0 radical (unpaired) electrons. The van der Waals surface area contributed by atoms with Crippen LogP contribution in [0, 0.1) is 0 Å². The SMILES string of the molecule is COc1cnc2cccc(CCN3CCC(NCc4cc5c(cn4)OCCO5)CC3)c2n1. The molecule has 0 spiro atoms. The van der Waals surface area contributed by atoms with Crippen LogP contribution in [0.15, 0.2) is 36.7 Å². The zero-order valence-corrected chi connectivity index (χ0v) is 18.4. The van der Waals surface area contributed by atoms with Gasteiger partial charge in [0.15, 0.2) is 11.5 Å². The van der Waals surface area contributed by atoms with E-state index in [2.05, 4.69) is 37.3 Å². The predicted molar refractivity (Wildman–Crippen MR) is 121 cm³/mol. The molecule has 1 fully saturated rings. The van der Waals surface area contributed by atoms with Gasteiger partial charge in [-0.2, -0.15) is 0 Å². The van der Waals surface area contributed by atoms with Crippen molar-refractivity contribution in [1.82, 2.24) is 25.2 Å². The maximum Gasteiger partial charge on any atom is 0.232 e. The Morgan fingerprint density at radius 2 is 1.94 bits per heavy atom. The van der Waals surface area contributed by atoms with Crippen LogP contribution >= 0.6 is 0 Å². The third kappa shape index (κ3) is 4.76. The summed E-state index contributed by atoms with van der Waals surface area (Å²) in [4.78, 5) is 16.1. The standard InChI is InChI=1S/C24H29N5O3/c1-30-23-16-27-20-4-2-3-17(24(20)28-23)5-8-29-9-6-18(7-10-29)25-14-19-13-21-22(15-26-19)32-12-11-31-21/h2-4,13,15-16,18,25H,5-12,14H2,1H3. The van der Waals surface area contributed by atoms with Gasteiger partial charge in [0.05, 0.1) is 36.2 Å². The number of hydrogen-bond donors (Lipinski definition) is 1. The number of para-hydroxylation sites is 1. The van der Waals surface area contributed by atoms with Crippen molar-refractivity contribution < 1.29 is 14.2 Å². The molecule has 168 valence electrons. The quantitative estimate of drug-likeness (QED) is 0.607. The van der Waals surface area contributed by atoms with Gasteiger partial charge in [-0.05, 0) is 44.0 Å². The molecular formula is C24H29N5O3. The summed E-state index contributed by atoms with van der Waals surface area (Å²) in [6.07, 6.45) is 6.66. The molecule has 2 aromatic heterocycles. The van der Waals surface area contributed by atoms with Gasteiger partial charge in [-0.1, -0.05) is 12.1 Å². The first-order valence-electron chi connectivity index (χ1n) is 11.3. The molecule has 1 aromatic carbocycles. The van der Waals surface area contributed by atoms with E-state index in [1.54, 1.807) is 19.5 Å². The number of hydrogen-bond acceptors (Lipinski definition) is 8. The third-order valence-electron chi connectivity index (χ3n) is 6.19. The lowest BCUT2D eigenvalue weighted by Crippen LogP contribution is -2.43. The number of pyridine rings is 1. The molecule has 0 amide bonds. The summed E-state index contributed by atoms with van der Waals surface area (Å²) in [7, 11) is 1.63. The lowest BCUT2D eigenvalue weighted by atomic mass is 10.0. The number of aromatic nitrogens is 3. The van der Waals surface area contributed by atoms with E-state index in [4.69, 9.17) is 14.2 Å². The maximum absolute atomic E-state index is 5.66. The second-order valence-electron chi connectivity index (χ2n) is 8.26. The van der Waals surface area contributed by atoms with Crippen molar-refractivity contribution in [2.24, 2.45) is 0 Å². The number of benzene rings is 1. The Bertz CT molecular complexity index is 1070. The highest BCUT2D eigenvalue weighted by Crippen LogP contribution is 2.29. The Kier molecular flexibility index (Phi) is 6.31. The second kappa shape index (κ2) is 9.67. The maximum atomic E-state index is 5.66. The van der Waals surface area contributed by atoms with Crippen molar-refractivity contribution in [3.05, 3.63) is 47.9 Å². The molecule has 0 atom stereocenters. The number of piperidine rings is 1. The number of likely N-dealkylation sites (tertiary alicyclic amines) is 1. The van der Waals surface area contributed by atoms with Crippen LogP contribution in [0.4, 0.5) is 0 Å². The smallest absolute Gasteiger partial charge is 0.232 e. The summed E-state index contributed by atoms with van der Waals surface area (Å²) in [5.74, 6) is 2.10. The van der Waals surface area contributed by atoms with Crippen LogP contribution in [0.5, 0.6) is 17.4 Å². The van der Waals surface area contributed by atoms with Crippen LogP contribution < -0.4 is 19.5 Å². The molecule has 8 nitrogen and oxygen atoms in total. The molecular weight excluding hydrogens is 406 g/mol. The number of methoxy groups -OCH3 is 1. The molecule has 5 rings (SSSR count). The fourth-order valence-electron chi connectivity index (χ4n) is 4.35. The molecule has 1 saturated heterocycles. The minimum Gasteiger partial charge on any atom is -0.486 e. The predicted octanol–water partition coefficient (Wildman–Crippen LogP) is 2.60. The molecule has 0 unspecified atom stereocenters. The van der Waals surface area contributed by atoms with Gasteiger partial charge in [-0.3, -0.25) is 4.98 Å². The monoisotopic (exact) mass is 435 g/mol. The van der Waals surface area contributed by atoms with Crippen LogP contribution in [0.3, 0.4) is 0 Å². The number of nitrogens with one attached hydrogen (secondary N) is 1. The number of ether oxygens (including phenoxy) is 3. The molecule has 0 aliphatic carbocycles. The Balaban J connectivity index is 1.10. The van der Waals surface area contributed by atoms with E-state index in [1.807, 2.05) is 12.1 Å². The van der Waals surface area contributed by atoms with Crippen LogP contribution in [-0.2, 0) is 13.0 Å². The lowest BCUT2D eigenvalue weighted by Gasteiger charge is -2.32. The second-order valence-corrected chi connectivity index (χ2v) is 8.26. The average Bonchev–Trinajstić information content (AvgIpc) is 2.86. The highest BCUT2D eigenvalue weighted by atomic mass is 16.6. The van der Waals surface area contributed by atoms with Gasteiger partial charge < -0.3 is 24.4 Å². The van der Waals surface area contributed by atoms with E-state index >= 15 is 0 Å².